The van der Waals surface area contributed by atoms with Crippen LogP contribution in [0.4, 0.5) is 0 Å². The number of aromatic nitrogens is 12. The number of aryl methyl sites for hydroxylation is 6. The van der Waals surface area contributed by atoms with Gasteiger partial charge in [0.1, 0.15) is 116 Å². The van der Waals surface area contributed by atoms with Crippen molar-refractivity contribution in [3.8, 4) is 0 Å². The van der Waals surface area contributed by atoms with E-state index in [1.54, 1.807) is 13.8 Å². The summed E-state index contributed by atoms with van der Waals surface area (Å²) in [6.45, 7) is 8.18. The van der Waals surface area contributed by atoms with E-state index in [4.69, 9.17) is 73.9 Å². The molecule has 0 saturated carbocycles. The maximum absolute atomic E-state index is 14.3. The van der Waals surface area contributed by atoms with Crippen molar-refractivity contribution >= 4 is 75.9 Å². The van der Waals surface area contributed by atoms with E-state index in [1.165, 1.54) is 123 Å². The molecule has 0 bridgehead atoms. The van der Waals surface area contributed by atoms with Gasteiger partial charge >= 0.3 is 81.3 Å². The van der Waals surface area contributed by atoms with Crippen LogP contribution in [-0.2, 0) is 117 Å². The Hall–Kier alpha value is -10.9. The minimum Gasteiger partial charge on any atom is -0.566 e. The van der Waals surface area contributed by atoms with E-state index in [0.717, 1.165) is 18.3 Å². The van der Waals surface area contributed by atoms with Crippen LogP contribution in [-0.4, -0.2) is 244 Å². The van der Waals surface area contributed by atoms with Crippen molar-refractivity contribution in [2.24, 2.45) is 0 Å². The SMILES string of the molecule is CC(=O)CCC(=O)OC1C[C@H](n2cc(C)c(=O)[nH]c2=O)O[C@@H]1CO.[2H]C[C@H]1O[C@@H](n2cc(C)c(=O)[nH]c2=O)CC1OP(=O)(OC[C@H]1O[C@@H](n2cc(C)c(=O)[nH]c2=O)CC1OC(=O)CCC(C)=O)SCOC(=O)CC.[2H]C[C@H]1O[C@@H](n2cc(C)c(=O)[nH]c2=O)CC1O[P+](=O)OC[C@H]1O[C@@H](n2cc(C)c(=O)[nH]c2=O)CC1OC(=O)CCC(C)=O.[2H]C[C@H]1O[C@@H](n2cc(C)c(=O)[nH]c2=O)CC1O[P+](=O)[O-].[3H]OC.[3H]OC.[3H]OC. The van der Waals surface area contributed by atoms with Crippen LogP contribution >= 0.6 is 34.7 Å². The van der Waals surface area contributed by atoms with Gasteiger partial charge in [-0.2, -0.15) is 0 Å². The summed E-state index contributed by atoms with van der Waals surface area (Å²) in [4.78, 5) is 249. The number of nitrogens with zero attached hydrogens (tertiary/aromatic N) is 6. The first kappa shape index (κ1) is 108. The van der Waals surface area contributed by atoms with E-state index >= 15 is 0 Å². The van der Waals surface area contributed by atoms with E-state index < -0.39 is 251 Å². The van der Waals surface area contributed by atoms with Gasteiger partial charge in [0, 0.05) is 176 Å². The molecule has 12 heterocycles. The monoisotopic (exact) mass is 2070 g/mol. The molecule has 6 aromatic heterocycles. The lowest BCUT2D eigenvalue weighted by Crippen LogP contribution is -2.33. The molecule has 6 saturated heterocycles. The molecule has 12 rings (SSSR count). The predicted molar refractivity (Wildman–Crippen MR) is 484 cm³/mol. The summed E-state index contributed by atoms with van der Waals surface area (Å²) < 4.78 is 168. The van der Waals surface area contributed by atoms with Gasteiger partial charge in [0.15, 0.2) is 0 Å². The molecule has 10 N–H and O–H groups in total. The average molecular weight is 2080 g/mol. The van der Waals surface area contributed by atoms with Crippen molar-refractivity contribution < 1.29 is 147 Å². The van der Waals surface area contributed by atoms with Gasteiger partial charge in [0.2, 0.25) is 4.29 Å². The number of H-pyrrole nitrogens is 6. The molecular formula is C82H116N12O42P3S+. The van der Waals surface area contributed by atoms with Gasteiger partial charge in [-0.25, -0.2) is 33.3 Å². The molecule has 776 valence electrons. The number of carbonyl (C=O) groups is 7. The summed E-state index contributed by atoms with van der Waals surface area (Å²) in [5.74, 6) is -3.58. The van der Waals surface area contributed by atoms with E-state index in [1.807, 2.05) is 0 Å². The maximum Gasteiger partial charge on any atom is 0.697 e. The molecule has 54 nitrogen and oxygen atoms in total. The van der Waals surface area contributed by atoms with Crippen molar-refractivity contribution in [2.45, 2.75) is 284 Å². The van der Waals surface area contributed by atoms with E-state index in [9.17, 15) is 115 Å². The third kappa shape index (κ3) is 34.2. The van der Waals surface area contributed by atoms with Crippen LogP contribution in [0.1, 0.15) is 207 Å². The summed E-state index contributed by atoms with van der Waals surface area (Å²) >= 11 is 0.524. The first-order valence-electron chi connectivity index (χ1n) is 46.0. The Labute approximate surface area is 807 Å². The van der Waals surface area contributed by atoms with Crippen LogP contribution in [0.5, 0.6) is 0 Å². The van der Waals surface area contributed by atoms with Gasteiger partial charge in [0.05, 0.1) is 56.9 Å². The Morgan fingerprint density at radius 3 is 1.01 bits per heavy atom. The molecule has 9 unspecified atom stereocenters. The van der Waals surface area contributed by atoms with Gasteiger partial charge in [-0.3, -0.25) is 114 Å². The van der Waals surface area contributed by atoms with Crippen LogP contribution in [0.3, 0.4) is 0 Å². The Balaban J connectivity index is 0.000000305. The van der Waals surface area contributed by atoms with Crippen LogP contribution < -0.4 is 72.4 Å². The Morgan fingerprint density at radius 2 is 0.714 bits per heavy atom. The smallest absolute Gasteiger partial charge is 0.566 e. The molecule has 6 aliphatic heterocycles. The molecule has 6 aromatic rings. The first-order chi connectivity index (χ1) is 68.9. The lowest BCUT2D eigenvalue weighted by molar-refractivity contribution is -0.190. The number of hydrogen-bond acceptors (Lipinski definition) is 43. The highest BCUT2D eigenvalue weighted by atomic mass is 32.7. The standard InChI is InChI=1S/C29H39N4O14PS.C25H31N4O12P.C15H20N2O7.C10H13N2O6P.3CH4O/c1-6-24(35)42-14-49-48(41,47-19-9-22(44-18(19)5)32-11-15(2)26(37)30-28(32)39)43-13-21-20(46-25(36)8-7-17(4)34)10-23(45-21)33-12-16(3)27(38)31-29(33)40;1-12-9-28(24(34)26-22(12)32)19-7-16(15(4)38-19)41-42(36)37-11-18-17(40-21(31)6-5-14(3)30)8-20(39-18)29-10-13(2)23(33)27-25(29)35;1-8-6-17(15(22)16-14(8)21)12-5-10(11(7-18)23-12)24-13(20)4-3-9(2)19;1-5-4-12(10(14)11-9(5)13)8-3-7(6(2)17-8)18-19(15)16;3*1-2/h11-12,18-23H,6-10,13-14H2,1-5H3,(H,30,37,39)(H,31,38,40);9-10,15-20H,5-8,11H2,1-4H3,(H-,26,27,32,33,34,35);6,10-12,18H,3-5,7H2,1-2H3,(H,16,21,22);4,6-8H,3H2,1-2H3,(H,11,13,14);3*2H,1H3/p+1/t18-,19?,20?,21-,22-,23-,48?;15-,16?,17?,18-,19-,20-;10?,11-,12-;6-,7?,8-;;;/m1111.../s1/i5D;4D;;2D;3*2T. The molecule has 6 fully saturated rings. The summed E-state index contributed by atoms with van der Waals surface area (Å²) in [5, 5.41) is 19.9. The van der Waals surface area contributed by atoms with E-state index in [-0.39, 0.29) is 144 Å². The molecular weight excluding hydrogens is 1950 g/mol. The summed E-state index contributed by atoms with van der Waals surface area (Å²) in [6, 6.07) is 0. The maximum atomic E-state index is 14.3. The fraction of sp³-hybridized carbons (Fsp3) is 0.622. The zero-order chi connectivity index (χ0) is 109. The third-order valence-electron chi connectivity index (χ3n) is 21.1. The lowest BCUT2D eigenvalue weighted by Gasteiger charge is -2.25. The quantitative estimate of drug-likeness (QED) is 0.0110. The largest absolute Gasteiger partial charge is 0.697 e. The molecule has 0 amide bonds. The van der Waals surface area contributed by atoms with Crippen molar-refractivity contribution in [3.05, 3.63) is 196 Å². The molecule has 0 radical (unpaired) electrons. The van der Waals surface area contributed by atoms with Crippen molar-refractivity contribution in [1.82, 2.24) is 57.3 Å². The fourth-order valence-electron chi connectivity index (χ4n) is 13.8. The number of ketones is 3. The summed E-state index contributed by atoms with van der Waals surface area (Å²) in [5.41, 5.74) is -5.93. The third-order valence-corrected chi connectivity index (χ3v) is 25.7. The highest BCUT2D eigenvalue weighted by Crippen LogP contribution is 2.63. The van der Waals surface area contributed by atoms with Gasteiger partial charge in [0.25, 0.3) is 33.4 Å². The number of aromatic amines is 6. The fourth-order valence-corrected chi connectivity index (χ4v) is 17.9. The number of rotatable bonds is 35. The number of hydrogen-bond donors (Lipinski definition) is 10. The minimum atomic E-state index is -4.34. The van der Waals surface area contributed by atoms with Gasteiger partial charge in [-0.15, -0.1) is 13.6 Å². The first-order valence-corrected chi connectivity index (χ1v) is 48.0. The minimum absolute atomic E-state index is 0.00470. The molecule has 21 atom stereocenters. The van der Waals surface area contributed by atoms with Crippen LogP contribution in [0, 0.1) is 41.5 Å². The Kier molecular flexibility index (Phi) is 42.8. The molecule has 0 spiro atoms. The Bertz CT molecular complexity index is 6320. The zero-order valence-electron chi connectivity index (χ0n) is 84.1. The van der Waals surface area contributed by atoms with E-state index in [0.29, 0.717) is 22.5 Å². The number of carbonyl (C=O) groups excluding carboxylic acids is 7. The second-order valence-electron chi connectivity index (χ2n) is 31.5. The van der Waals surface area contributed by atoms with Crippen molar-refractivity contribution in [3.63, 3.8) is 0 Å². The number of aliphatic hydroxyl groups excluding tert-OH is 4. The lowest BCUT2D eigenvalue weighted by atomic mass is 10.1. The number of nitrogens with one attached hydrogen (secondary N) is 6. The average Bonchev–Trinajstić information content (AvgIpc) is 1.68. The molecule has 140 heavy (non-hydrogen) atoms. The van der Waals surface area contributed by atoms with E-state index in [2.05, 4.69) is 49.8 Å². The summed E-state index contributed by atoms with van der Waals surface area (Å²) in [7, 11) is -2.01. The number of Topliss-reactive ketones (excluding diaryl/α,β-unsaturated/α-hetero) is 3. The van der Waals surface area contributed by atoms with Crippen LogP contribution in [0.2, 0.25) is 0 Å². The van der Waals surface area contributed by atoms with Gasteiger partial charge in [-0.05, 0) is 87.6 Å². The van der Waals surface area contributed by atoms with Gasteiger partial charge in [-0.1, -0.05) is 6.92 Å². The van der Waals surface area contributed by atoms with Crippen molar-refractivity contribution in [2.75, 3.05) is 47.1 Å². The highest BCUT2D eigenvalue weighted by Gasteiger charge is 2.49. The predicted octanol–water partition coefficient (Wildman–Crippen LogP) is 0.159. The molecule has 58 heteroatoms. The second-order valence-corrected chi connectivity index (χ2v) is 37.0. The molecule has 6 aliphatic rings. The van der Waals surface area contributed by atoms with Crippen LogP contribution in [0.25, 0.3) is 0 Å². The van der Waals surface area contributed by atoms with Gasteiger partial charge < -0.3 is 87.1 Å². The zero-order valence-corrected chi connectivity index (χ0v) is 81.6. The van der Waals surface area contributed by atoms with Crippen LogP contribution in [0.15, 0.2) is 94.7 Å². The highest BCUT2D eigenvalue weighted by molar-refractivity contribution is 8.55. The number of ether oxygens (including phenoxy) is 10. The molecule has 0 aromatic carbocycles. The number of aliphatic hydroxyl groups is 4. The normalized spacial score (nSPS) is 24.8. The topological polar surface area (TPSA) is 742 Å². The Morgan fingerprint density at radius 1 is 0.443 bits per heavy atom. The number of esters is 4. The second kappa shape index (κ2) is 55.5. The van der Waals surface area contributed by atoms with Crippen molar-refractivity contribution in [1.29, 1.82) is 4.29 Å². The molecule has 0 aliphatic carbocycles. The summed E-state index contributed by atoms with van der Waals surface area (Å²) in [6.07, 6.45) is -8.86.